The molecule has 0 aliphatic carbocycles. The molecule has 0 spiro atoms. The van der Waals surface area contributed by atoms with E-state index in [-0.39, 0.29) is 32.2 Å². The maximum Gasteiger partial charge on any atom is 0.261 e. The van der Waals surface area contributed by atoms with Crippen molar-refractivity contribution in [1.82, 2.24) is 4.98 Å². The van der Waals surface area contributed by atoms with Gasteiger partial charge in [0.1, 0.15) is 0 Å². The number of pyridine rings is 1. The third-order valence-corrected chi connectivity index (χ3v) is 7.74. The summed E-state index contributed by atoms with van der Waals surface area (Å²) in [5.41, 5.74) is 1.06. The van der Waals surface area contributed by atoms with Crippen LogP contribution in [-0.4, -0.2) is 33.9 Å². The van der Waals surface area contributed by atoms with Crippen LogP contribution in [0.25, 0.3) is 0 Å². The lowest BCUT2D eigenvalue weighted by Gasteiger charge is -2.19. The van der Waals surface area contributed by atoms with Crippen molar-refractivity contribution in [1.29, 1.82) is 0 Å². The third-order valence-electron chi connectivity index (χ3n) is 4.88. The smallest absolute Gasteiger partial charge is 0.261 e. The molecule has 7 nitrogen and oxygen atoms in total. The molecule has 2 aromatic carbocycles. The van der Waals surface area contributed by atoms with Gasteiger partial charge in [0.05, 0.1) is 10.6 Å². The molecule has 0 fully saturated rings. The minimum Gasteiger partial charge on any atom is -0.289 e. The number of benzene rings is 2. The van der Waals surface area contributed by atoms with Crippen LogP contribution in [0.4, 0.5) is 5.69 Å². The standard InChI is InChI=1S/C23H23BrN2O5S2/c1-23(2,3)16-5-8-18(9-6-16)33(30,31)26-20-10-7-17(24)14-19(20)22(27)15-11-12-25-21(13-15)32(4,28)29/h5-14,26H,1-4H3. The largest absolute Gasteiger partial charge is 0.289 e. The van der Waals surface area contributed by atoms with Gasteiger partial charge in [-0.05, 0) is 53.4 Å². The van der Waals surface area contributed by atoms with Gasteiger partial charge in [-0.1, -0.05) is 48.8 Å². The second-order valence-corrected chi connectivity index (χ2v) is 13.1. The number of halogens is 1. The van der Waals surface area contributed by atoms with Crippen molar-refractivity contribution >= 4 is 47.3 Å². The molecule has 0 aliphatic heterocycles. The lowest BCUT2D eigenvalue weighted by atomic mass is 9.87. The molecule has 10 heteroatoms. The van der Waals surface area contributed by atoms with Gasteiger partial charge in [0.15, 0.2) is 20.6 Å². The minimum absolute atomic E-state index is 0.0556. The molecular weight excluding hydrogens is 528 g/mol. The summed E-state index contributed by atoms with van der Waals surface area (Å²) < 4.78 is 52.7. The molecule has 1 heterocycles. The van der Waals surface area contributed by atoms with Crippen LogP contribution in [-0.2, 0) is 25.3 Å². The number of nitrogens with zero attached hydrogens (tertiary/aromatic N) is 1. The van der Waals surface area contributed by atoms with Crippen molar-refractivity contribution < 1.29 is 21.6 Å². The van der Waals surface area contributed by atoms with E-state index in [2.05, 4.69) is 25.6 Å². The van der Waals surface area contributed by atoms with Gasteiger partial charge in [-0.25, -0.2) is 21.8 Å². The number of sulfone groups is 1. The molecule has 1 aromatic heterocycles. The number of aromatic nitrogens is 1. The van der Waals surface area contributed by atoms with Gasteiger partial charge in [-0.2, -0.15) is 0 Å². The number of nitrogens with one attached hydrogen (secondary N) is 1. The maximum absolute atomic E-state index is 13.2. The zero-order valence-corrected chi connectivity index (χ0v) is 21.7. The quantitative estimate of drug-likeness (QED) is 0.450. The number of hydrogen-bond donors (Lipinski definition) is 1. The van der Waals surface area contributed by atoms with Gasteiger partial charge in [0.2, 0.25) is 0 Å². The molecule has 3 aromatic rings. The van der Waals surface area contributed by atoms with E-state index in [1.54, 1.807) is 18.2 Å². The summed E-state index contributed by atoms with van der Waals surface area (Å²) in [7, 11) is -7.61. The van der Waals surface area contributed by atoms with Crippen LogP contribution in [0.15, 0.2) is 75.2 Å². The topological polar surface area (TPSA) is 110 Å². The molecule has 0 aliphatic rings. The molecule has 1 N–H and O–H groups in total. The Bertz CT molecular complexity index is 1430. The van der Waals surface area contributed by atoms with E-state index in [1.807, 2.05) is 20.8 Å². The molecular formula is C23H23BrN2O5S2. The molecule has 0 saturated carbocycles. The van der Waals surface area contributed by atoms with E-state index < -0.39 is 25.6 Å². The first kappa shape index (κ1) is 25.1. The number of sulfonamides is 1. The Morgan fingerprint density at radius 2 is 1.58 bits per heavy atom. The van der Waals surface area contributed by atoms with Crippen LogP contribution >= 0.6 is 15.9 Å². The highest BCUT2D eigenvalue weighted by Crippen LogP contribution is 2.28. The van der Waals surface area contributed by atoms with Gasteiger partial charge < -0.3 is 0 Å². The number of anilines is 1. The summed E-state index contributed by atoms with van der Waals surface area (Å²) in [6, 6.07) is 13.6. The van der Waals surface area contributed by atoms with Crippen molar-refractivity contribution in [2.45, 2.75) is 36.1 Å². The maximum atomic E-state index is 13.2. The van der Waals surface area contributed by atoms with Crippen molar-refractivity contribution in [3.63, 3.8) is 0 Å². The summed E-state index contributed by atoms with van der Waals surface area (Å²) in [4.78, 5) is 17.0. The van der Waals surface area contributed by atoms with Gasteiger partial charge in [-0.3, -0.25) is 9.52 Å². The van der Waals surface area contributed by atoms with Crippen LogP contribution in [0.1, 0.15) is 42.3 Å². The van der Waals surface area contributed by atoms with Crippen LogP contribution in [0.2, 0.25) is 0 Å². The van der Waals surface area contributed by atoms with E-state index in [0.29, 0.717) is 4.47 Å². The summed E-state index contributed by atoms with van der Waals surface area (Å²) in [5.74, 6) is -0.551. The summed E-state index contributed by atoms with van der Waals surface area (Å²) in [6.07, 6.45) is 2.22. The Morgan fingerprint density at radius 1 is 0.939 bits per heavy atom. The predicted octanol–water partition coefficient (Wildman–Crippen LogP) is 4.58. The molecule has 0 amide bonds. The normalized spacial score (nSPS) is 12.4. The fraction of sp³-hybridized carbons (Fsp3) is 0.217. The highest BCUT2D eigenvalue weighted by atomic mass is 79.9. The summed E-state index contributed by atoms with van der Waals surface area (Å²) in [5, 5.41) is -0.246. The van der Waals surface area contributed by atoms with E-state index >= 15 is 0 Å². The van der Waals surface area contributed by atoms with Gasteiger partial charge in [0, 0.05) is 28.1 Å². The SMILES string of the molecule is CC(C)(C)c1ccc(S(=O)(=O)Nc2ccc(Br)cc2C(=O)c2ccnc(S(C)(=O)=O)c2)cc1. The van der Waals surface area contributed by atoms with Crippen molar-refractivity contribution in [3.8, 4) is 0 Å². The monoisotopic (exact) mass is 550 g/mol. The third kappa shape index (κ3) is 5.87. The Labute approximate surface area is 202 Å². The first-order valence-corrected chi connectivity index (χ1v) is 14.0. The Balaban J connectivity index is 2.00. The molecule has 0 unspecified atom stereocenters. The molecule has 33 heavy (non-hydrogen) atoms. The van der Waals surface area contributed by atoms with Crippen LogP contribution in [0.5, 0.6) is 0 Å². The minimum atomic E-state index is -3.98. The predicted molar refractivity (Wildman–Crippen MR) is 131 cm³/mol. The number of rotatable bonds is 6. The average molecular weight is 551 g/mol. The molecule has 0 bridgehead atoms. The van der Waals surface area contributed by atoms with E-state index in [4.69, 9.17) is 0 Å². The first-order chi connectivity index (χ1) is 15.2. The fourth-order valence-electron chi connectivity index (χ4n) is 3.04. The number of carbonyl (C=O) groups is 1. The number of carbonyl (C=O) groups excluding carboxylic acids is 1. The zero-order valence-electron chi connectivity index (χ0n) is 18.5. The van der Waals surface area contributed by atoms with Crippen molar-refractivity contribution in [2.24, 2.45) is 0 Å². The summed E-state index contributed by atoms with van der Waals surface area (Å²) in [6.45, 7) is 6.09. The van der Waals surface area contributed by atoms with Gasteiger partial charge >= 0.3 is 0 Å². The Hall–Kier alpha value is -2.56. The first-order valence-electron chi connectivity index (χ1n) is 9.82. The van der Waals surface area contributed by atoms with E-state index in [9.17, 15) is 21.6 Å². The molecule has 0 radical (unpaired) electrons. The number of hydrogen-bond acceptors (Lipinski definition) is 6. The Kier molecular flexibility index (Phi) is 6.84. The van der Waals surface area contributed by atoms with Gasteiger partial charge in [0.25, 0.3) is 10.0 Å². The van der Waals surface area contributed by atoms with Crippen molar-refractivity contribution in [3.05, 3.63) is 82.0 Å². The lowest BCUT2D eigenvalue weighted by molar-refractivity contribution is 0.103. The Morgan fingerprint density at radius 3 is 2.15 bits per heavy atom. The van der Waals surface area contributed by atoms with Crippen LogP contribution in [0, 0.1) is 0 Å². The molecule has 0 saturated heterocycles. The zero-order chi connectivity index (χ0) is 24.6. The molecule has 0 atom stereocenters. The van der Waals surface area contributed by atoms with E-state index in [1.165, 1.54) is 42.6 Å². The fourth-order valence-corrected chi connectivity index (χ4v) is 5.07. The van der Waals surface area contributed by atoms with Crippen molar-refractivity contribution in [2.75, 3.05) is 11.0 Å². The lowest BCUT2D eigenvalue weighted by Crippen LogP contribution is -2.17. The number of ketones is 1. The highest BCUT2D eigenvalue weighted by Gasteiger charge is 2.22. The van der Waals surface area contributed by atoms with Gasteiger partial charge in [-0.15, -0.1) is 0 Å². The highest BCUT2D eigenvalue weighted by molar-refractivity contribution is 9.10. The van der Waals surface area contributed by atoms with E-state index in [0.717, 1.165) is 11.8 Å². The van der Waals surface area contributed by atoms with Crippen LogP contribution in [0.3, 0.4) is 0 Å². The average Bonchev–Trinajstić information content (AvgIpc) is 2.73. The molecule has 3 rings (SSSR count). The second kappa shape index (κ2) is 9.00. The van der Waals surface area contributed by atoms with Crippen LogP contribution < -0.4 is 4.72 Å². The summed E-state index contributed by atoms with van der Waals surface area (Å²) >= 11 is 3.30. The second-order valence-electron chi connectivity index (χ2n) is 8.55. The molecule has 174 valence electrons.